The minimum absolute atomic E-state index is 0.0233. The quantitative estimate of drug-likeness (QED) is 0.701. The Balaban J connectivity index is 2.02. The van der Waals surface area contributed by atoms with Gasteiger partial charge in [0.2, 0.25) is 9.05 Å². The fourth-order valence-corrected chi connectivity index (χ4v) is 4.80. The van der Waals surface area contributed by atoms with Crippen LogP contribution >= 0.6 is 10.7 Å². The predicted molar refractivity (Wildman–Crippen MR) is 88.1 cm³/mol. The number of rotatable bonds is 2. The van der Waals surface area contributed by atoms with E-state index in [-0.39, 0.29) is 17.8 Å². The normalized spacial score (nSPS) is 29.6. The first-order valence-electron chi connectivity index (χ1n) is 8.02. The zero-order valence-corrected chi connectivity index (χ0v) is 15.6. The Bertz CT molecular complexity index is 541. The fraction of sp³-hybridized carbons (Fsp3) is 0.933. The molecule has 0 aromatic heterocycles. The SMILES string of the molecule is CC(C)(C)OC(=O)N1CCCC2(CC(CS(=O)(=O)Cl)CCO2)C1. The topological polar surface area (TPSA) is 72.9 Å². The molecule has 0 aromatic rings. The van der Waals surface area contributed by atoms with Gasteiger partial charge in [0.05, 0.1) is 17.9 Å². The zero-order valence-electron chi connectivity index (χ0n) is 14.0. The lowest BCUT2D eigenvalue weighted by Gasteiger charge is -2.46. The van der Waals surface area contributed by atoms with Crippen molar-refractivity contribution in [3.05, 3.63) is 0 Å². The van der Waals surface area contributed by atoms with Gasteiger partial charge < -0.3 is 14.4 Å². The molecule has 0 aliphatic carbocycles. The summed E-state index contributed by atoms with van der Waals surface area (Å²) in [7, 11) is 1.87. The van der Waals surface area contributed by atoms with Gasteiger partial charge in [0, 0.05) is 23.8 Å². The maximum atomic E-state index is 12.3. The third kappa shape index (κ3) is 5.80. The van der Waals surface area contributed by atoms with Crippen molar-refractivity contribution in [2.24, 2.45) is 5.92 Å². The summed E-state index contributed by atoms with van der Waals surface area (Å²) in [5.41, 5.74) is -1.01. The summed E-state index contributed by atoms with van der Waals surface area (Å²) in [5.74, 6) is -0.0589. The maximum Gasteiger partial charge on any atom is 0.410 e. The van der Waals surface area contributed by atoms with E-state index in [0.29, 0.717) is 32.5 Å². The number of piperidine rings is 1. The third-order valence-electron chi connectivity index (χ3n) is 4.22. The average molecular weight is 368 g/mol. The van der Waals surface area contributed by atoms with Crippen LogP contribution in [0, 0.1) is 5.92 Å². The van der Waals surface area contributed by atoms with E-state index in [2.05, 4.69) is 0 Å². The number of halogens is 1. The molecule has 0 aromatic carbocycles. The summed E-state index contributed by atoms with van der Waals surface area (Å²) in [6, 6.07) is 0. The molecule has 1 spiro atoms. The monoisotopic (exact) mass is 367 g/mol. The lowest BCUT2D eigenvalue weighted by atomic mass is 9.81. The van der Waals surface area contributed by atoms with Crippen LogP contribution in [0.4, 0.5) is 4.79 Å². The highest BCUT2D eigenvalue weighted by Crippen LogP contribution is 2.37. The summed E-state index contributed by atoms with van der Waals surface area (Å²) < 4.78 is 34.1. The molecular weight excluding hydrogens is 342 g/mol. The first kappa shape index (κ1) is 18.8. The maximum absolute atomic E-state index is 12.3. The minimum Gasteiger partial charge on any atom is -0.444 e. The number of likely N-dealkylation sites (tertiary alicyclic amines) is 1. The molecule has 2 unspecified atom stereocenters. The molecule has 2 aliphatic rings. The molecule has 0 bridgehead atoms. The molecule has 8 heteroatoms. The van der Waals surface area contributed by atoms with E-state index in [0.717, 1.165) is 12.8 Å². The van der Waals surface area contributed by atoms with Crippen molar-refractivity contribution >= 4 is 25.8 Å². The Morgan fingerprint density at radius 3 is 2.74 bits per heavy atom. The Kier molecular flexibility index (Phi) is 5.53. The van der Waals surface area contributed by atoms with Crippen LogP contribution in [0.5, 0.6) is 0 Å². The van der Waals surface area contributed by atoms with Gasteiger partial charge in [-0.25, -0.2) is 13.2 Å². The molecule has 134 valence electrons. The average Bonchev–Trinajstić information content (AvgIpc) is 2.34. The number of ether oxygens (including phenoxy) is 2. The molecule has 2 atom stereocenters. The first-order chi connectivity index (χ1) is 10.5. The molecule has 23 heavy (non-hydrogen) atoms. The number of amides is 1. The molecule has 2 heterocycles. The molecule has 6 nitrogen and oxygen atoms in total. The molecule has 2 rings (SSSR count). The highest BCUT2D eigenvalue weighted by Gasteiger charge is 2.43. The van der Waals surface area contributed by atoms with Crippen LogP contribution in [0.25, 0.3) is 0 Å². The Morgan fingerprint density at radius 2 is 2.13 bits per heavy atom. The van der Waals surface area contributed by atoms with Crippen LogP contribution in [-0.2, 0) is 18.5 Å². The lowest BCUT2D eigenvalue weighted by molar-refractivity contribution is -0.128. The van der Waals surface area contributed by atoms with Crippen molar-refractivity contribution in [3.8, 4) is 0 Å². The van der Waals surface area contributed by atoms with Gasteiger partial charge in [0.25, 0.3) is 0 Å². The van der Waals surface area contributed by atoms with E-state index in [1.807, 2.05) is 20.8 Å². The second-order valence-electron chi connectivity index (χ2n) is 7.60. The van der Waals surface area contributed by atoms with Gasteiger partial charge in [0.1, 0.15) is 5.60 Å². The van der Waals surface area contributed by atoms with E-state index < -0.39 is 20.3 Å². The Hall–Kier alpha value is -0.530. The van der Waals surface area contributed by atoms with Crippen LogP contribution in [0.3, 0.4) is 0 Å². The second-order valence-corrected chi connectivity index (χ2v) is 10.4. The largest absolute Gasteiger partial charge is 0.444 e. The van der Waals surface area contributed by atoms with Crippen LogP contribution in [0.2, 0.25) is 0 Å². The van der Waals surface area contributed by atoms with Crippen LogP contribution in [0.15, 0.2) is 0 Å². The smallest absolute Gasteiger partial charge is 0.410 e. The standard InChI is InChI=1S/C15H26ClNO5S/c1-14(2,3)22-13(18)17-7-4-6-15(11-17)9-12(5-8-21-15)10-23(16,19)20/h12H,4-11H2,1-3H3. The van der Waals surface area contributed by atoms with Crippen molar-refractivity contribution in [2.45, 2.75) is 57.7 Å². The molecule has 1 amide bonds. The number of carbonyl (C=O) groups is 1. The van der Waals surface area contributed by atoms with Crippen molar-refractivity contribution < 1.29 is 22.7 Å². The van der Waals surface area contributed by atoms with Crippen molar-refractivity contribution in [3.63, 3.8) is 0 Å². The highest BCUT2D eigenvalue weighted by molar-refractivity contribution is 8.13. The van der Waals surface area contributed by atoms with Crippen molar-refractivity contribution in [2.75, 3.05) is 25.4 Å². The molecular formula is C15H26ClNO5S. The lowest BCUT2D eigenvalue weighted by Crippen LogP contribution is -2.55. The molecule has 2 fully saturated rings. The summed E-state index contributed by atoms with van der Waals surface area (Å²) in [4.78, 5) is 14.0. The molecule has 0 saturated carbocycles. The summed E-state index contributed by atoms with van der Waals surface area (Å²) in [6.45, 7) is 7.09. The number of nitrogens with zero attached hydrogens (tertiary/aromatic N) is 1. The van der Waals surface area contributed by atoms with Gasteiger partial charge in [-0.1, -0.05) is 0 Å². The summed E-state index contributed by atoms with van der Waals surface area (Å²) in [6.07, 6.45) is 2.59. The zero-order chi connectivity index (χ0) is 17.3. The van der Waals surface area contributed by atoms with Crippen molar-refractivity contribution in [1.29, 1.82) is 0 Å². The molecule has 2 saturated heterocycles. The second kappa shape index (κ2) is 6.76. The number of carbonyl (C=O) groups excluding carboxylic acids is 1. The van der Waals surface area contributed by atoms with E-state index in [4.69, 9.17) is 20.2 Å². The van der Waals surface area contributed by atoms with Gasteiger partial charge >= 0.3 is 6.09 Å². The van der Waals surface area contributed by atoms with Gasteiger partial charge in [-0.2, -0.15) is 0 Å². The van der Waals surface area contributed by atoms with E-state index in [1.165, 1.54) is 0 Å². The predicted octanol–water partition coefficient (Wildman–Crippen LogP) is 2.75. The van der Waals surface area contributed by atoms with Crippen LogP contribution in [-0.4, -0.2) is 56.1 Å². The van der Waals surface area contributed by atoms with Gasteiger partial charge in [-0.05, 0) is 52.4 Å². The molecule has 2 aliphatic heterocycles. The van der Waals surface area contributed by atoms with E-state index in [1.54, 1.807) is 4.90 Å². The Labute approximate surface area is 142 Å². The number of hydrogen-bond acceptors (Lipinski definition) is 5. The van der Waals surface area contributed by atoms with Crippen LogP contribution < -0.4 is 0 Å². The van der Waals surface area contributed by atoms with Gasteiger partial charge in [0.15, 0.2) is 0 Å². The van der Waals surface area contributed by atoms with Gasteiger partial charge in [-0.3, -0.25) is 0 Å². The van der Waals surface area contributed by atoms with Crippen molar-refractivity contribution in [1.82, 2.24) is 4.90 Å². The minimum atomic E-state index is -3.52. The van der Waals surface area contributed by atoms with E-state index >= 15 is 0 Å². The molecule has 0 radical (unpaired) electrons. The summed E-state index contributed by atoms with van der Waals surface area (Å²) >= 11 is 0. The van der Waals surface area contributed by atoms with Gasteiger partial charge in [-0.15, -0.1) is 0 Å². The van der Waals surface area contributed by atoms with E-state index in [9.17, 15) is 13.2 Å². The Morgan fingerprint density at radius 1 is 1.43 bits per heavy atom. The first-order valence-corrected chi connectivity index (χ1v) is 10.5. The summed E-state index contributed by atoms with van der Waals surface area (Å²) in [5, 5.41) is 0. The molecule has 0 N–H and O–H groups in total. The number of hydrogen-bond donors (Lipinski definition) is 0. The van der Waals surface area contributed by atoms with Crippen LogP contribution in [0.1, 0.15) is 46.5 Å². The highest BCUT2D eigenvalue weighted by atomic mass is 35.7. The third-order valence-corrected chi connectivity index (χ3v) is 5.47. The fourth-order valence-electron chi connectivity index (χ4n) is 3.42.